The number of nitrogens with zero attached hydrogens (tertiary/aromatic N) is 2. The van der Waals surface area contributed by atoms with Crippen LogP contribution in [-0.4, -0.2) is 52.3 Å². The molecule has 1 aromatic rings. The molecule has 1 aromatic heterocycles. The van der Waals surface area contributed by atoms with Crippen LogP contribution in [0.4, 0.5) is 0 Å². The summed E-state index contributed by atoms with van der Waals surface area (Å²) in [6, 6.07) is 5.36. The van der Waals surface area contributed by atoms with E-state index in [-0.39, 0.29) is 18.6 Å². The van der Waals surface area contributed by atoms with Gasteiger partial charge in [-0.15, -0.1) is 0 Å². The van der Waals surface area contributed by atoms with Crippen LogP contribution in [0.15, 0.2) is 24.4 Å². The molecule has 0 spiro atoms. The molecule has 5 heteroatoms. The minimum Gasteiger partial charge on any atom is -0.394 e. The third-order valence-corrected chi connectivity index (χ3v) is 3.91. The number of aliphatic hydroxyl groups excluding tert-OH is 1. The van der Waals surface area contributed by atoms with E-state index < -0.39 is 5.54 Å². The third-order valence-electron chi connectivity index (χ3n) is 3.91. The average Bonchev–Trinajstić information content (AvgIpc) is 2.72. The molecule has 2 bridgehead atoms. The molecular formula is C13H16N2O3. The summed E-state index contributed by atoms with van der Waals surface area (Å²) in [6.07, 6.45) is 3.12. The summed E-state index contributed by atoms with van der Waals surface area (Å²) in [7, 11) is 0. The van der Waals surface area contributed by atoms with Crippen molar-refractivity contribution in [2.75, 3.05) is 19.8 Å². The summed E-state index contributed by atoms with van der Waals surface area (Å²) in [6.45, 7) is 1.15. The van der Waals surface area contributed by atoms with Gasteiger partial charge in [0.25, 0.3) is 5.91 Å². The maximum Gasteiger partial charge on any atom is 0.273 e. The first kappa shape index (κ1) is 11.6. The highest BCUT2D eigenvalue weighted by molar-refractivity contribution is 5.93. The lowest BCUT2D eigenvalue weighted by molar-refractivity contribution is -0.0724. The zero-order valence-corrected chi connectivity index (χ0v) is 10.1. The summed E-state index contributed by atoms with van der Waals surface area (Å²) in [5, 5.41) is 9.61. The van der Waals surface area contributed by atoms with Crippen molar-refractivity contribution in [1.29, 1.82) is 0 Å². The van der Waals surface area contributed by atoms with Gasteiger partial charge >= 0.3 is 0 Å². The minimum absolute atomic E-state index is 0.00850. The predicted octanol–water partition coefficient (Wildman–Crippen LogP) is 0.447. The van der Waals surface area contributed by atoms with E-state index in [2.05, 4.69) is 4.98 Å². The van der Waals surface area contributed by atoms with Crippen molar-refractivity contribution in [2.24, 2.45) is 0 Å². The van der Waals surface area contributed by atoms with Gasteiger partial charge in [0.1, 0.15) is 5.69 Å². The number of rotatable bonds is 2. The Kier molecular flexibility index (Phi) is 2.80. The molecule has 1 N–H and O–H groups in total. The van der Waals surface area contributed by atoms with Crippen LogP contribution in [0, 0.1) is 0 Å². The van der Waals surface area contributed by atoms with Gasteiger partial charge in [-0.05, 0) is 25.0 Å². The number of fused-ring (bicyclic) bond motifs is 2. The zero-order chi connectivity index (χ0) is 12.6. The maximum absolute atomic E-state index is 12.5. The SMILES string of the molecule is O=C(c1ccccn1)N1C2COCCC1(CO)C2. The Morgan fingerprint density at radius 3 is 3.22 bits per heavy atom. The van der Waals surface area contributed by atoms with E-state index in [4.69, 9.17) is 4.74 Å². The highest BCUT2D eigenvalue weighted by Gasteiger charge is 2.55. The van der Waals surface area contributed by atoms with Crippen LogP contribution in [0.2, 0.25) is 0 Å². The molecule has 2 fully saturated rings. The fraction of sp³-hybridized carbons (Fsp3) is 0.538. The van der Waals surface area contributed by atoms with E-state index in [0.29, 0.717) is 25.3 Å². The summed E-state index contributed by atoms with van der Waals surface area (Å²) < 4.78 is 5.47. The van der Waals surface area contributed by atoms with E-state index in [9.17, 15) is 9.90 Å². The van der Waals surface area contributed by atoms with Gasteiger partial charge in [0.05, 0.1) is 24.8 Å². The van der Waals surface area contributed by atoms with Gasteiger partial charge in [-0.1, -0.05) is 6.07 Å². The van der Waals surface area contributed by atoms with Gasteiger partial charge < -0.3 is 14.7 Å². The van der Waals surface area contributed by atoms with Crippen LogP contribution in [0.25, 0.3) is 0 Å². The first-order valence-corrected chi connectivity index (χ1v) is 6.20. The second kappa shape index (κ2) is 4.33. The topological polar surface area (TPSA) is 62.7 Å². The quantitative estimate of drug-likeness (QED) is 0.825. The fourth-order valence-corrected chi connectivity index (χ4v) is 2.95. The standard InChI is InChI=1S/C13H16N2O3/c16-9-13-4-6-18-8-10(7-13)15(13)12(17)11-3-1-2-5-14-11/h1-3,5,10,16H,4,6-9H2. The number of aliphatic hydroxyl groups is 1. The maximum atomic E-state index is 12.5. The number of ether oxygens (including phenoxy) is 1. The van der Waals surface area contributed by atoms with E-state index in [1.54, 1.807) is 29.3 Å². The lowest BCUT2D eigenvalue weighted by Crippen LogP contribution is -2.69. The number of pyridine rings is 1. The van der Waals surface area contributed by atoms with Crippen LogP contribution < -0.4 is 0 Å². The lowest BCUT2D eigenvalue weighted by Gasteiger charge is -2.55. The number of amides is 1. The third kappa shape index (κ3) is 1.62. The van der Waals surface area contributed by atoms with E-state index in [0.717, 1.165) is 6.42 Å². The van der Waals surface area contributed by atoms with Crippen molar-refractivity contribution in [1.82, 2.24) is 9.88 Å². The van der Waals surface area contributed by atoms with Gasteiger partial charge in [-0.3, -0.25) is 9.78 Å². The monoisotopic (exact) mass is 248 g/mol. The highest BCUT2D eigenvalue weighted by atomic mass is 16.5. The van der Waals surface area contributed by atoms with Gasteiger partial charge in [0.15, 0.2) is 0 Å². The molecule has 2 atom stereocenters. The number of carbonyl (C=O) groups excluding carboxylic acids is 1. The molecule has 3 rings (SSSR count). The first-order valence-electron chi connectivity index (χ1n) is 6.20. The van der Waals surface area contributed by atoms with E-state index in [1.807, 2.05) is 0 Å². The van der Waals surface area contributed by atoms with Crippen LogP contribution in [0.5, 0.6) is 0 Å². The molecule has 0 aromatic carbocycles. The van der Waals surface area contributed by atoms with Crippen LogP contribution in [0.1, 0.15) is 23.3 Å². The molecular weight excluding hydrogens is 232 g/mol. The lowest BCUT2D eigenvalue weighted by atomic mass is 9.77. The fourth-order valence-electron chi connectivity index (χ4n) is 2.95. The van der Waals surface area contributed by atoms with Crippen molar-refractivity contribution in [3.63, 3.8) is 0 Å². The molecule has 2 aliphatic rings. The van der Waals surface area contributed by atoms with Gasteiger partial charge in [0, 0.05) is 12.8 Å². The van der Waals surface area contributed by atoms with Crippen molar-refractivity contribution in [3.05, 3.63) is 30.1 Å². The van der Waals surface area contributed by atoms with Gasteiger partial charge in [-0.2, -0.15) is 0 Å². The predicted molar refractivity (Wildman–Crippen MR) is 64.1 cm³/mol. The molecule has 2 unspecified atom stereocenters. The summed E-state index contributed by atoms with van der Waals surface area (Å²) >= 11 is 0. The second-order valence-electron chi connectivity index (χ2n) is 4.96. The summed E-state index contributed by atoms with van der Waals surface area (Å²) in [5.41, 5.74) is -0.00241. The van der Waals surface area contributed by atoms with E-state index in [1.165, 1.54) is 0 Å². The number of carbonyl (C=O) groups is 1. The molecule has 5 nitrogen and oxygen atoms in total. The van der Waals surface area contributed by atoms with E-state index >= 15 is 0 Å². The van der Waals surface area contributed by atoms with Crippen LogP contribution in [-0.2, 0) is 4.74 Å². The number of aromatic nitrogens is 1. The molecule has 1 amide bonds. The molecule has 2 aliphatic heterocycles. The largest absolute Gasteiger partial charge is 0.394 e. The Hall–Kier alpha value is -1.46. The Balaban J connectivity index is 1.89. The Morgan fingerprint density at radius 1 is 1.61 bits per heavy atom. The first-order chi connectivity index (χ1) is 8.77. The molecule has 2 saturated heterocycles. The normalized spacial score (nSPS) is 30.5. The van der Waals surface area contributed by atoms with Gasteiger partial charge in [0.2, 0.25) is 0 Å². The molecule has 0 radical (unpaired) electrons. The summed E-state index contributed by atoms with van der Waals surface area (Å²) in [5.74, 6) is -0.105. The average molecular weight is 248 g/mol. The van der Waals surface area contributed by atoms with Crippen molar-refractivity contribution in [3.8, 4) is 0 Å². The Labute approximate surface area is 105 Å². The molecule has 3 heterocycles. The Morgan fingerprint density at radius 2 is 2.50 bits per heavy atom. The second-order valence-corrected chi connectivity index (χ2v) is 4.96. The minimum atomic E-state index is -0.435. The van der Waals surface area contributed by atoms with Crippen molar-refractivity contribution >= 4 is 5.91 Å². The van der Waals surface area contributed by atoms with Crippen LogP contribution in [0.3, 0.4) is 0 Å². The summed E-state index contributed by atoms with van der Waals surface area (Å²) in [4.78, 5) is 18.3. The van der Waals surface area contributed by atoms with Crippen molar-refractivity contribution < 1.29 is 14.6 Å². The molecule has 0 aliphatic carbocycles. The molecule has 0 saturated carbocycles. The zero-order valence-electron chi connectivity index (χ0n) is 10.1. The molecule has 96 valence electrons. The molecule has 18 heavy (non-hydrogen) atoms. The number of hydrogen-bond donors (Lipinski definition) is 1. The highest BCUT2D eigenvalue weighted by Crippen LogP contribution is 2.42. The Bertz CT molecular complexity index is 447. The number of hydrogen-bond acceptors (Lipinski definition) is 4. The smallest absolute Gasteiger partial charge is 0.273 e. The van der Waals surface area contributed by atoms with Gasteiger partial charge in [-0.25, -0.2) is 0 Å². The van der Waals surface area contributed by atoms with Crippen LogP contribution >= 0.6 is 0 Å². The van der Waals surface area contributed by atoms with Crippen molar-refractivity contribution in [2.45, 2.75) is 24.4 Å².